The van der Waals surface area contributed by atoms with Crippen LogP contribution in [-0.4, -0.2) is 4.57 Å². The zero-order valence-electron chi connectivity index (χ0n) is 34.0. The summed E-state index contributed by atoms with van der Waals surface area (Å²) in [5.74, 6) is 0. The number of hydrogen-bond donors (Lipinski definition) is 0. The molecule has 62 heavy (non-hydrogen) atoms. The first-order valence-corrected chi connectivity index (χ1v) is 21.3. The molecule has 0 atom stereocenters. The Labute approximate surface area is 360 Å². The second-order valence-electron chi connectivity index (χ2n) is 16.1. The molecule has 0 saturated carbocycles. The normalized spacial score (nSPS) is 11.5. The summed E-state index contributed by atoms with van der Waals surface area (Å²) in [4.78, 5) is 2.38. The van der Waals surface area contributed by atoms with Crippen LogP contribution in [-0.2, 0) is 0 Å². The van der Waals surface area contributed by atoms with Gasteiger partial charge >= 0.3 is 0 Å². The van der Waals surface area contributed by atoms with Crippen molar-refractivity contribution in [3.05, 3.63) is 243 Å². The fourth-order valence-electron chi connectivity index (χ4n) is 9.77. The van der Waals surface area contributed by atoms with Crippen molar-refractivity contribution in [1.29, 1.82) is 0 Å². The van der Waals surface area contributed by atoms with Gasteiger partial charge in [-0.2, -0.15) is 0 Å². The number of para-hydroxylation sites is 3. The molecular weight excluding hydrogens is 749 g/mol. The molecule has 0 N–H and O–H groups in total. The molecule has 0 aliphatic rings. The van der Waals surface area contributed by atoms with E-state index in [4.69, 9.17) is 0 Å². The standard InChI is InChI=1S/C60H40N2/c1-3-17-41(18-4-1)57-40-46(35-36-52(57)51-37-38-60(53-26-12-11-24-49(51)53)62-58-29-15-13-27-54(58)55-28-14-16-30-59(55)62)61(44-20-5-2-6-21-44)45-33-31-42(32-34-45)56-39-43-19-7-8-22-47(43)48-23-9-10-25-50(48)56/h1-40H. The first-order valence-electron chi connectivity index (χ1n) is 21.3. The highest BCUT2D eigenvalue weighted by Crippen LogP contribution is 2.45. The van der Waals surface area contributed by atoms with Gasteiger partial charge in [0.05, 0.1) is 16.7 Å². The minimum atomic E-state index is 1.09. The van der Waals surface area contributed by atoms with E-state index in [-0.39, 0.29) is 0 Å². The summed E-state index contributed by atoms with van der Waals surface area (Å²) in [6.07, 6.45) is 0. The zero-order chi connectivity index (χ0) is 41.0. The lowest BCUT2D eigenvalue weighted by molar-refractivity contribution is 1.20. The summed E-state index contributed by atoms with van der Waals surface area (Å²) in [6.45, 7) is 0. The van der Waals surface area contributed by atoms with Gasteiger partial charge in [-0.05, 0) is 121 Å². The summed E-state index contributed by atoms with van der Waals surface area (Å²) in [7, 11) is 0. The van der Waals surface area contributed by atoms with Crippen molar-refractivity contribution in [3.63, 3.8) is 0 Å². The van der Waals surface area contributed by atoms with Gasteiger partial charge in [0.2, 0.25) is 0 Å². The van der Waals surface area contributed by atoms with Crippen LogP contribution in [0.2, 0.25) is 0 Å². The van der Waals surface area contributed by atoms with Gasteiger partial charge in [-0.25, -0.2) is 0 Å². The number of hydrogen-bond acceptors (Lipinski definition) is 1. The molecule has 0 saturated heterocycles. The molecule has 1 aromatic heterocycles. The van der Waals surface area contributed by atoms with Crippen molar-refractivity contribution in [1.82, 2.24) is 4.57 Å². The largest absolute Gasteiger partial charge is 0.310 e. The van der Waals surface area contributed by atoms with E-state index >= 15 is 0 Å². The van der Waals surface area contributed by atoms with Gasteiger partial charge in [-0.15, -0.1) is 0 Å². The lowest BCUT2D eigenvalue weighted by Gasteiger charge is -2.27. The Hall–Kier alpha value is -8.20. The highest BCUT2D eigenvalue weighted by Gasteiger charge is 2.20. The van der Waals surface area contributed by atoms with Crippen LogP contribution in [0.4, 0.5) is 17.1 Å². The summed E-state index contributed by atoms with van der Waals surface area (Å²) < 4.78 is 2.43. The quantitative estimate of drug-likeness (QED) is 0.146. The Morgan fingerprint density at radius 3 is 1.44 bits per heavy atom. The van der Waals surface area contributed by atoms with Crippen LogP contribution in [0.15, 0.2) is 243 Å². The maximum Gasteiger partial charge on any atom is 0.0541 e. The third kappa shape index (κ3) is 5.88. The van der Waals surface area contributed by atoms with E-state index in [0.717, 1.165) is 17.1 Å². The Bertz CT molecular complexity index is 3570. The second kappa shape index (κ2) is 14.8. The molecule has 11 aromatic carbocycles. The molecule has 0 radical (unpaired) electrons. The van der Waals surface area contributed by atoms with Crippen LogP contribution in [0.5, 0.6) is 0 Å². The highest BCUT2D eigenvalue weighted by molar-refractivity contribution is 6.14. The van der Waals surface area contributed by atoms with E-state index in [1.807, 2.05) is 0 Å². The van der Waals surface area contributed by atoms with Gasteiger partial charge in [0.15, 0.2) is 0 Å². The monoisotopic (exact) mass is 788 g/mol. The third-order valence-electron chi connectivity index (χ3n) is 12.6. The van der Waals surface area contributed by atoms with Crippen molar-refractivity contribution < 1.29 is 0 Å². The average molecular weight is 789 g/mol. The molecule has 290 valence electrons. The molecule has 0 fully saturated rings. The van der Waals surface area contributed by atoms with Crippen molar-refractivity contribution in [2.75, 3.05) is 4.90 Å². The molecular formula is C60H40N2. The number of rotatable bonds is 7. The number of nitrogens with zero attached hydrogens (tertiary/aromatic N) is 2. The summed E-state index contributed by atoms with van der Waals surface area (Å²) in [5.41, 5.74) is 14.1. The molecule has 1 heterocycles. The predicted octanol–water partition coefficient (Wildman–Crippen LogP) is 16.7. The van der Waals surface area contributed by atoms with Crippen molar-refractivity contribution >= 4 is 71.2 Å². The van der Waals surface area contributed by atoms with Gasteiger partial charge in [-0.3, -0.25) is 0 Å². The van der Waals surface area contributed by atoms with Gasteiger partial charge in [0.25, 0.3) is 0 Å². The molecule has 0 aliphatic heterocycles. The van der Waals surface area contributed by atoms with E-state index in [2.05, 4.69) is 252 Å². The van der Waals surface area contributed by atoms with Crippen LogP contribution < -0.4 is 4.90 Å². The number of fused-ring (bicyclic) bond motifs is 7. The third-order valence-corrected chi connectivity index (χ3v) is 12.6. The molecule has 0 spiro atoms. The lowest BCUT2D eigenvalue weighted by atomic mass is 9.90. The first-order chi connectivity index (χ1) is 30.8. The number of anilines is 3. The Morgan fingerprint density at radius 1 is 0.258 bits per heavy atom. The topological polar surface area (TPSA) is 8.17 Å². The molecule has 12 rings (SSSR count). The number of aromatic nitrogens is 1. The zero-order valence-corrected chi connectivity index (χ0v) is 34.0. The summed E-state index contributed by atoms with van der Waals surface area (Å²) >= 11 is 0. The van der Waals surface area contributed by atoms with Crippen molar-refractivity contribution in [2.24, 2.45) is 0 Å². The van der Waals surface area contributed by atoms with Gasteiger partial charge in [-0.1, -0.05) is 182 Å². The fourth-order valence-corrected chi connectivity index (χ4v) is 9.77. The maximum atomic E-state index is 2.43. The van der Waals surface area contributed by atoms with Crippen LogP contribution >= 0.6 is 0 Å². The molecule has 0 unspecified atom stereocenters. The van der Waals surface area contributed by atoms with Crippen LogP contribution in [0.1, 0.15) is 0 Å². The van der Waals surface area contributed by atoms with Crippen molar-refractivity contribution in [2.45, 2.75) is 0 Å². The smallest absolute Gasteiger partial charge is 0.0541 e. The molecule has 0 bridgehead atoms. The van der Waals surface area contributed by atoms with E-state index in [1.54, 1.807) is 0 Å². The molecule has 0 aliphatic carbocycles. The van der Waals surface area contributed by atoms with Gasteiger partial charge in [0, 0.05) is 33.2 Å². The second-order valence-corrected chi connectivity index (χ2v) is 16.1. The number of benzene rings is 11. The Kier molecular flexibility index (Phi) is 8.53. The van der Waals surface area contributed by atoms with Crippen molar-refractivity contribution in [3.8, 4) is 39.1 Å². The van der Waals surface area contributed by atoms with E-state index in [9.17, 15) is 0 Å². The Balaban J connectivity index is 1.02. The molecule has 2 nitrogen and oxygen atoms in total. The van der Waals surface area contributed by atoms with Crippen LogP contribution in [0, 0.1) is 0 Å². The first kappa shape index (κ1) is 35.7. The van der Waals surface area contributed by atoms with Crippen LogP contribution in [0.3, 0.4) is 0 Å². The van der Waals surface area contributed by atoms with E-state index in [1.165, 1.54) is 93.2 Å². The van der Waals surface area contributed by atoms with Gasteiger partial charge in [0.1, 0.15) is 0 Å². The highest BCUT2D eigenvalue weighted by atomic mass is 15.1. The fraction of sp³-hybridized carbons (Fsp3) is 0. The maximum absolute atomic E-state index is 2.43. The molecule has 2 heteroatoms. The predicted molar refractivity (Wildman–Crippen MR) is 264 cm³/mol. The summed E-state index contributed by atoms with van der Waals surface area (Å²) in [5, 5.41) is 10.0. The lowest BCUT2D eigenvalue weighted by Crippen LogP contribution is -2.10. The molecule has 0 amide bonds. The minimum Gasteiger partial charge on any atom is -0.310 e. The van der Waals surface area contributed by atoms with Crippen LogP contribution in [0.25, 0.3) is 93.2 Å². The molecule has 12 aromatic rings. The Morgan fingerprint density at radius 2 is 0.742 bits per heavy atom. The van der Waals surface area contributed by atoms with E-state index < -0.39 is 0 Å². The van der Waals surface area contributed by atoms with Gasteiger partial charge < -0.3 is 9.47 Å². The average Bonchev–Trinajstić information content (AvgIpc) is 3.68. The minimum absolute atomic E-state index is 1.09. The van der Waals surface area contributed by atoms with E-state index in [0.29, 0.717) is 0 Å². The summed E-state index contributed by atoms with van der Waals surface area (Å²) in [6, 6.07) is 88.4. The SMILES string of the molecule is c1ccc(-c2cc(N(c3ccccc3)c3ccc(-c4cc5ccccc5c5ccccc45)cc3)ccc2-c2ccc(-n3c4ccccc4c4ccccc43)c3ccccc23)cc1.